The van der Waals surface area contributed by atoms with E-state index in [1.807, 2.05) is 31.2 Å². The molecule has 1 aliphatic carbocycles. The minimum absolute atomic E-state index is 0.0138. The van der Waals surface area contributed by atoms with E-state index in [1.54, 1.807) is 9.80 Å². The minimum Gasteiger partial charge on any atom is -0.341 e. The summed E-state index contributed by atoms with van der Waals surface area (Å²) in [6.45, 7) is 4.17. The Morgan fingerprint density at radius 2 is 1.69 bits per heavy atom. The fourth-order valence-electron chi connectivity index (χ4n) is 5.07. The van der Waals surface area contributed by atoms with E-state index < -0.39 is 5.54 Å². The maximum atomic E-state index is 12.9. The Balaban J connectivity index is 1.30. The molecule has 0 aromatic heterocycles. The van der Waals surface area contributed by atoms with Crippen LogP contribution in [0.1, 0.15) is 60.9 Å². The molecule has 1 aromatic rings. The van der Waals surface area contributed by atoms with Crippen molar-refractivity contribution in [1.82, 2.24) is 20.0 Å². The average molecular weight is 441 g/mol. The van der Waals surface area contributed by atoms with Crippen LogP contribution in [-0.4, -0.2) is 76.7 Å². The topological polar surface area (TPSA) is 90.0 Å². The second kappa shape index (κ2) is 9.30. The summed E-state index contributed by atoms with van der Waals surface area (Å²) in [5.74, 6) is -0.277. The zero-order chi connectivity index (χ0) is 22.7. The number of amides is 5. The summed E-state index contributed by atoms with van der Waals surface area (Å²) < 4.78 is 0. The lowest BCUT2D eigenvalue weighted by atomic mass is 9.82. The van der Waals surface area contributed by atoms with Gasteiger partial charge in [-0.25, -0.2) is 4.79 Å². The SMILES string of the molecule is Cc1cccc(C(=O)N2CCCN(C(=O)CCN3C(=O)NC4(CCCCC4)C3=O)CC2)c1. The van der Waals surface area contributed by atoms with Crippen molar-refractivity contribution in [2.75, 3.05) is 32.7 Å². The normalized spacial score (nSPS) is 21.0. The van der Waals surface area contributed by atoms with Gasteiger partial charge < -0.3 is 15.1 Å². The number of benzene rings is 1. The van der Waals surface area contributed by atoms with Gasteiger partial charge in [-0.15, -0.1) is 0 Å². The molecule has 1 saturated carbocycles. The van der Waals surface area contributed by atoms with Crippen LogP contribution in [0.3, 0.4) is 0 Å². The molecule has 8 nitrogen and oxygen atoms in total. The van der Waals surface area contributed by atoms with Crippen molar-refractivity contribution >= 4 is 23.8 Å². The van der Waals surface area contributed by atoms with Gasteiger partial charge in [0.1, 0.15) is 5.54 Å². The predicted octanol–water partition coefficient (Wildman–Crippen LogP) is 2.31. The van der Waals surface area contributed by atoms with Crippen molar-refractivity contribution in [2.45, 2.75) is 57.4 Å². The second-order valence-corrected chi connectivity index (χ2v) is 9.18. The Hall–Kier alpha value is -2.90. The smallest absolute Gasteiger partial charge is 0.325 e. The molecule has 0 atom stereocenters. The first-order valence-electron chi connectivity index (χ1n) is 11.7. The third kappa shape index (κ3) is 4.49. The highest BCUT2D eigenvalue weighted by Gasteiger charge is 2.51. The Kier molecular flexibility index (Phi) is 6.48. The number of rotatable bonds is 4. The number of carbonyl (C=O) groups is 4. The van der Waals surface area contributed by atoms with Gasteiger partial charge in [0.15, 0.2) is 0 Å². The van der Waals surface area contributed by atoms with Gasteiger partial charge in [-0.3, -0.25) is 19.3 Å². The lowest BCUT2D eigenvalue weighted by Gasteiger charge is -2.30. The Bertz CT molecular complexity index is 909. The van der Waals surface area contributed by atoms with Crippen molar-refractivity contribution in [1.29, 1.82) is 0 Å². The van der Waals surface area contributed by atoms with E-state index in [1.165, 1.54) is 4.90 Å². The molecule has 2 saturated heterocycles. The maximum absolute atomic E-state index is 12.9. The lowest BCUT2D eigenvalue weighted by Crippen LogP contribution is -2.48. The first kappa shape index (κ1) is 22.3. The molecule has 5 amide bonds. The van der Waals surface area contributed by atoms with Crippen molar-refractivity contribution < 1.29 is 19.2 Å². The number of nitrogens with zero attached hydrogens (tertiary/aromatic N) is 3. The van der Waals surface area contributed by atoms with Crippen LogP contribution in [0.25, 0.3) is 0 Å². The van der Waals surface area contributed by atoms with Gasteiger partial charge in [0.2, 0.25) is 5.91 Å². The zero-order valence-corrected chi connectivity index (χ0v) is 18.8. The van der Waals surface area contributed by atoms with E-state index in [0.717, 1.165) is 24.8 Å². The van der Waals surface area contributed by atoms with Crippen LogP contribution in [0.2, 0.25) is 0 Å². The number of urea groups is 1. The quantitative estimate of drug-likeness (QED) is 0.728. The van der Waals surface area contributed by atoms with Crippen molar-refractivity contribution in [3.05, 3.63) is 35.4 Å². The molecule has 2 aliphatic heterocycles. The van der Waals surface area contributed by atoms with E-state index in [9.17, 15) is 19.2 Å². The second-order valence-electron chi connectivity index (χ2n) is 9.18. The molecular weight excluding hydrogens is 408 g/mol. The molecule has 0 radical (unpaired) electrons. The van der Waals surface area contributed by atoms with Gasteiger partial charge in [-0.1, -0.05) is 37.0 Å². The standard InChI is InChI=1S/C24H32N4O4/c1-18-7-5-8-19(17-18)21(30)27-13-6-12-26(15-16-27)20(29)9-14-28-22(31)24(25-23(28)32)10-3-2-4-11-24/h5,7-8,17H,2-4,6,9-16H2,1H3,(H,25,32). The van der Waals surface area contributed by atoms with Crippen molar-refractivity contribution in [3.63, 3.8) is 0 Å². The van der Waals surface area contributed by atoms with E-state index >= 15 is 0 Å². The number of hydrogen-bond donors (Lipinski definition) is 1. The average Bonchev–Trinajstić information content (AvgIpc) is 2.96. The fourth-order valence-corrected chi connectivity index (χ4v) is 5.07. The lowest BCUT2D eigenvalue weighted by molar-refractivity contribution is -0.134. The molecule has 1 spiro atoms. The van der Waals surface area contributed by atoms with Crippen LogP contribution in [0.4, 0.5) is 4.79 Å². The van der Waals surface area contributed by atoms with Gasteiger partial charge in [-0.05, 0) is 38.3 Å². The summed E-state index contributed by atoms with van der Waals surface area (Å²) in [4.78, 5) is 55.7. The van der Waals surface area contributed by atoms with Crippen LogP contribution < -0.4 is 5.32 Å². The number of carbonyl (C=O) groups excluding carboxylic acids is 4. The first-order chi connectivity index (χ1) is 15.4. The van der Waals surface area contributed by atoms with Crippen LogP contribution in [0.15, 0.2) is 24.3 Å². The van der Waals surface area contributed by atoms with Gasteiger partial charge in [0, 0.05) is 44.7 Å². The summed E-state index contributed by atoms with van der Waals surface area (Å²) in [6, 6.07) is 7.16. The number of nitrogens with one attached hydrogen (secondary N) is 1. The molecule has 0 bridgehead atoms. The largest absolute Gasteiger partial charge is 0.341 e. The van der Waals surface area contributed by atoms with Crippen molar-refractivity contribution in [2.24, 2.45) is 0 Å². The first-order valence-corrected chi connectivity index (χ1v) is 11.7. The summed E-state index contributed by atoms with van der Waals surface area (Å²) in [5.41, 5.74) is 0.954. The van der Waals surface area contributed by atoms with E-state index in [-0.39, 0.29) is 36.7 Å². The predicted molar refractivity (Wildman–Crippen MR) is 119 cm³/mol. The molecule has 0 unspecified atom stereocenters. The molecule has 1 N–H and O–H groups in total. The Morgan fingerprint density at radius 1 is 0.969 bits per heavy atom. The van der Waals surface area contributed by atoms with Crippen molar-refractivity contribution in [3.8, 4) is 0 Å². The third-order valence-electron chi connectivity index (χ3n) is 6.90. The highest BCUT2D eigenvalue weighted by Crippen LogP contribution is 2.33. The summed E-state index contributed by atoms with van der Waals surface area (Å²) >= 11 is 0. The van der Waals surface area contributed by atoms with Crippen LogP contribution in [0.5, 0.6) is 0 Å². The highest BCUT2D eigenvalue weighted by atomic mass is 16.2. The molecule has 1 aromatic carbocycles. The van der Waals surface area contributed by atoms with E-state index in [4.69, 9.17) is 0 Å². The molecule has 32 heavy (non-hydrogen) atoms. The monoisotopic (exact) mass is 440 g/mol. The fraction of sp³-hybridized carbons (Fsp3) is 0.583. The number of aryl methyl sites for hydroxylation is 1. The molecule has 2 heterocycles. The van der Waals surface area contributed by atoms with Crippen LogP contribution in [0, 0.1) is 6.92 Å². The van der Waals surface area contributed by atoms with Crippen LogP contribution >= 0.6 is 0 Å². The Labute approximate surface area is 188 Å². The van der Waals surface area contributed by atoms with Gasteiger partial charge in [-0.2, -0.15) is 0 Å². The summed E-state index contributed by atoms with van der Waals surface area (Å²) in [7, 11) is 0. The molecular formula is C24H32N4O4. The van der Waals surface area contributed by atoms with E-state index in [0.29, 0.717) is 51.0 Å². The highest BCUT2D eigenvalue weighted by molar-refractivity contribution is 6.07. The summed E-state index contributed by atoms with van der Waals surface area (Å²) in [6.07, 6.45) is 5.13. The van der Waals surface area contributed by atoms with Gasteiger partial charge >= 0.3 is 6.03 Å². The Morgan fingerprint density at radius 3 is 2.44 bits per heavy atom. The zero-order valence-electron chi connectivity index (χ0n) is 18.8. The molecule has 3 aliphatic rings. The maximum Gasteiger partial charge on any atom is 0.325 e. The van der Waals surface area contributed by atoms with Gasteiger partial charge in [0.05, 0.1) is 0 Å². The number of imide groups is 1. The van der Waals surface area contributed by atoms with E-state index in [2.05, 4.69) is 5.32 Å². The molecule has 4 rings (SSSR count). The van der Waals surface area contributed by atoms with Crippen LogP contribution in [-0.2, 0) is 9.59 Å². The number of hydrogen-bond acceptors (Lipinski definition) is 4. The molecule has 172 valence electrons. The third-order valence-corrected chi connectivity index (χ3v) is 6.90. The van der Waals surface area contributed by atoms with Gasteiger partial charge in [0.25, 0.3) is 11.8 Å². The minimum atomic E-state index is -0.752. The molecule has 3 fully saturated rings. The molecule has 8 heteroatoms. The summed E-state index contributed by atoms with van der Waals surface area (Å²) in [5, 5.41) is 2.89.